The normalized spacial score (nSPS) is 12.7. The molecule has 1 aliphatic heterocycles. The largest absolute Gasteiger partial charge is 0.488 e. The standard InChI is InChI=1S/C20H18O4/c1-13-7-8-14(2)17(9-13)18(21)12-24-20(22)16-10-15-5-3-4-6-19(15)23-11-16/h3-10H,11-12H2,1-2H3. The number of carbonyl (C=O) groups excluding carboxylic acids is 2. The number of hydrogen-bond donors (Lipinski definition) is 0. The van der Waals surface area contributed by atoms with Crippen molar-refractivity contribution in [2.75, 3.05) is 13.2 Å². The molecule has 1 aliphatic rings. The maximum Gasteiger partial charge on any atom is 0.337 e. The van der Waals surface area contributed by atoms with Crippen molar-refractivity contribution in [3.63, 3.8) is 0 Å². The Morgan fingerprint density at radius 2 is 1.92 bits per heavy atom. The molecule has 4 nitrogen and oxygen atoms in total. The molecule has 0 N–H and O–H groups in total. The highest BCUT2D eigenvalue weighted by Crippen LogP contribution is 2.26. The van der Waals surface area contributed by atoms with Crippen LogP contribution in [-0.2, 0) is 9.53 Å². The minimum atomic E-state index is -0.525. The van der Waals surface area contributed by atoms with Crippen molar-refractivity contribution in [1.82, 2.24) is 0 Å². The molecule has 2 aromatic carbocycles. The molecule has 0 bridgehead atoms. The molecule has 0 aromatic heterocycles. The van der Waals surface area contributed by atoms with Crippen LogP contribution in [-0.4, -0.2) is 25.0 Å². The Hall–Kier alpha value is -2.88. The zero-order valence-corrected chi connectivity index (χ0v) is 13.7. The summed E-state index contributed by atoms with van der Waals surface area (Å²) < 4.78 is 10.7. The number of para-hydroxylation sites is 1. The summed E-state index contributed by atoms with van der Waals surface area (Å²) in [6.07, 6.45) is 1.74. The van der Waals surface area contributed by atoms with E-state index >= 15 is 0 Å². The van der Waals surface area contributed by atoms with Gasteiger partial charge < -0.3 is 9.47 Å². The fourth-order valence-corrected chi connectivity index (χ4v) is 2.57. The average molecular weight is 322 g/mol. The molecule has 3 rings (SSSR count). The summed E-state index contributed by atoms with van der Waals surface area (Å²) in [5, 5.41) is 0. The summed E-state index contributed by atoms with van der Waals surface area (Å²) in [4.78, 5) is 24.4. The molecule has 0 unspecified atom stereocenters. The number of ketones is 1. The smallest absolute Gasteiger partial charge is 0.337 e. The molecule has 2 aromatic rings. The van der Waals surface area contributed by atoms with Crippen LogP contribution >= 0.6 is 0 Å². The molecular formula is C20H18O4. The SMILES string of the molecule is Cc1ccc(C)c(C(=O)COC(=O)C2=Cc3ccccc3OC2)c1. The first-order valence-corrected chi connectivity index (χ1v) is 7.74. The lowest BCUT2D eigenvalue weighted by molar-refractivity contribution is -0.138. The van der Waals surface area contributed by atoms with Gasteiger partial charge in [0.05, 0.1) is 5.57 Å². The number of esters is 1. The zero-order valence-electron chi connectivity index (χ0n) is 13.7. The number of fused-ring (bicyclic) bond motifs is 1. The number of hydrogen-bond acceptors (Lipinski definition) is 4. The van der Waals surface area contributed by atoms with E-state index < -0.39 is 5.97 Å². The fraction of sp³-hybridized carbons (Fsp3) is 0.200. The first kappa shape index (κ1) is 16.0. The molecule has 122 valence electrons. The molecule has 0 aliphatic carbocycles. The monoisotopic (exact) mass is 322 g/mol. The Labute approximate surface area is 140 Å². The fourth-order valence-electron chi connectivity index (χ4n) is 2.57. The van der Waals surface area contributed by atoms with Crippen molar-refractivity contribution < 1.29 is 19.1 Å². The van der Waals surface area contributed by atoms with E-state index in [1.54, 1.807) is 6.08 Å². The van der Waals surface area contributed by atoms with E-state index in [9.17, 15) is 9.59 Å². The molecule has 0 atom stereocenters. The maximum absolute atomic E-state index is 12.3. The van der Waals surface area contributed by atoms with Gasteiger partial charge in [0.25, 0.3) is 0 Å². The van der Waals surface area contributed by atoms with Crippen LogP contribution in [0.4, 0.5) is 0 Å². The average Bonchev–Trinajstić information content (AvgIpc) is 2.61. The number of benzene rings is 2. The Morgan fingerprint density at radius 3 is 2.75 bits per heavy atom. The quantitative estimate of drug-likeness (QED) is 0.638. The predicted molar refractivity (Wildman–Crippen MR) is 91.1 cm³/mol. The second-order valence-electron chi connectivity index (χ2n) is 5.81. The summed E-state index contributed by atoms with van der Waals surface area (Å²) in [6, 6.07) is 13.1. The van der Waals surface area contributed by atoms with Gasteiger partial charge in [0, 0.05) is 11.1 Å². The molecule has 4 heteroatoms. The Kier molecular flexibility index (Phi) is 4.47. The molecule has 0 spiro atoms. The summed E-state index contributed by atoms with van der Waals surface area (Å²) >= 11 is 0. The van der Waals surface area contributed by atoms with Crippen LogP contribution in [0.15, 0.2) is 48.0 Å². The highest BCUT2D eigenvalue weighted by molar-refractivity contribution is 6.01. The third kappa shape index (κ3) is 3.38. The molecule has 0 fully saturated rings. The highest BCUT2D eigenvalue weighted by atomic mass is 16.5. The molecule has 0 saturated heterocycles. The van der Waals surface area contributed by atoms with Gasteiger partial charge in [-0.2, -0.15) is 0 Å². The van der Waals surface area contributed by atoms with Gasteiger partial charge >= 0.3 is 5.97 Å². The summed E-state index contributed by atoms with van der Waals surface area (Å²) in [5.41, 5.74) is 3.69. The van der Waals surface area contributed by atoms with Crippen LogP contribution < -0.4 is 4.74 Å². The van der Waals surface area contributed by atoms with Crippen molar-refractivity contribution in [2.24, 2.45) is 0 Å². The summed E-state index contributed by atoms with van der Waals surface area (Å²) in [5.74, 6) is 0.00551. The van der Waals surface area contributed by atoms with Crippen molar-refractivity contribution in [1.29, 1.82) is 0 Å². The van der Waals surface area contributed by atoms with Gasteiger partial charge in [-0.25, -0.2) is 4.79 Å². The second kappa shape index (κ2) is 6.71. The van der Waals surface area contributed by atoms with Gasteiger partial charge in [0.15, 0.2) is 6.61 Å². The third-order valence-corrected chi connectivity index (χ3v) is 3.92. The van der Waals surface area contributed by atoms with Crippen molar-refractivity contribution in [3.05, 3.63) is 70.3 Å². The first-order chi connectivity index (χ1) is 11.5. The van der Waals surface area contributed by atoms with Gasteiger partial charge in [-0.1, -0.05) is 35.9 Å². The Balaban J connectivity index is 1.67. The predicted octanol–water partition coefficient (Wildman–Crippen LogP) is 3.51. The Bertz CT molecular complexity index is 833. The van der Waals surface area contributed by atoms with Crippen LogP contribution in [0, 0.1) is 13.8 Å². The van der Waals surface area contributed by atoms with Crippen LogP contribution in [0.25, 0.3) is 6.08 Å². The molecule has 0 radical (unpaired) electrons. The first-order valence-electron chi connectivity index (χ1n) is 7.74. The molecule has 0 amide bonds. The minimum Gasteiger partial charge on any atom is -0.488 e. The number of rotatable bonds is 4. The highest BCUT2D eigenvalue weighted by Gasteiger charge is 2.20. The van der Waals surface area contributed by atoms with Crippen LogP contribution in [0.1, 0.15) is 27.0 Å². The molecule has 0 saturated carbocycles. The van der Waals surface area contributed by atoms with Crippen LogP contribution in [0.5, 0.6) is 5.75 Å². The van der Waals surface area contributed by atoms with Gasteiger partial charge in [-0.05, 0) is 37.6 Å². The number of ether oxygens (including phenoxy) is 2. The van der Waals surface area contributed by atoms with E-state index in [0.717, 1.165) is 22.4 Å². The van der Waals surface area contributed by atoms with Crippen LogP contribution in [0.3, 0.4) is 0 Å². The van der Waals surface area contributed by atoms with Gasteiger partial charge in [0.2, 0.25) is 5.78 Å². The topological polar surface area (TPSA) is 52.6 Å². The number of aryl methyl sites for hydroxylation is 2. The van der Waals surface area contributed by atoms with E-state index in [2.05, 4.69) is 0 Å². The van der Waals surface area contributed by atoms with Gasteiger partial charge in [0.1, 0.15) is 12.4 Å². The van der Waals surface area contributed by atoms with Gasteiger partial charge in [-0.3, -0.25) is 4.79 Å². The zero-order chi connectivity index (χ0) is 17.1. The minimum absolute atomic E-state index is 0.146. The van der Waals surface area contributed by atoms with E-state index in [-0.39, 0.29) is 19.0 Å². The molecule has 24 heavy (non-hydrogen) atoms. The molecular weight excluding hydrogens is 304 g/mol. The maximum atomic E-state index is 12.3. The summed E-state index contributed by atoms with van der Waals surface area (Å²) in [7, 11) is 0. The van der Waals surface area contributed by atoms with Crippen molar-refractivity contribution in [2.45, 2.75) is 13.8 Å². The van der Waals surface area contributed by atoms with E-state index in [0.29, 0.717) is 11.1 Å². The summed E-state index contributed by atoms with van der Waals surface area (Å²) in [6.45, 7) is 3.66. The van der Waals surface area contributed by atoms with E-state index in [4.69, 9.17) is 9.47 Å². The Morgan fingerprint density at radius 1 is 1.12 bits per heavy atom. The van der Waals surface area contributed by atoms with Crippen molar-refractivity contribution >= 4 is 17.8 Å². The lowest BCUT2D eigenvalue weighted by Gasteiger charge is -2.17. The van der Waals surface area contributed by atoms with Gasteiger partial charge in [-0.15, -0.1) is 0 Å². The van der Waals surface area contributed by atoms with Crippen molar-refractivity contribution in [3.8, 4) is 5.75 Å². The second-order valence-corrected chi connectivity index (χ2v) is 5.81. The van der Waals surface area contributed by atoms with E-state index in [1.165, 1.54) is 0 Å². The number of carbonyl (C=O) groups is 2. The lowest BCUT2D eigenvalue weighted by Crippen LogP contribution is -2.20. The van der Waals surface area contributed by atoms with E-state index in [1.807, 2.05) is 56.3 Å². The number of Topliss-reactive ketones (excluding diaryl/α,β-unsaturated/α-hetero) is 1. The third-order valence-electron chi connectivity index (χ3n) is 3.92. The lowest BCUT2D eigenvalue weighted by atomic mass is 10.0. The molecule has 1 heterocycles. The van der Waals surface area contributed by atoms with Crippen LogP contribution in [0.2, 0.25) is 0 Å².